The van der Waals surface area contributed by atoms with Gasteiger partial charge in [0.05, 0.1) is 15.5 Å². The van der Waals surface area contributed by atoms with E-state index < -0.39 is 10.1 Å². The Labute approximate surface area is 256 Å². The zero-order valence-corrected chi connectivity index (χ0v) is 26.5. The first-order valence-electron chi connectivity index (χ1n) is 14.9. The second kappa shape index (κ2) is 13.3. The van der Waals surface area contributed by atoms with Crippen molar-refractivity contribution in [2.24, 2.45) is 0 Å². The largest absolute Gasteiger partial charge is 0.748 e. The molecule has 0 radical (unpaired) electrons. The SMILES string of the molecule is C#CCOC(=O)CCCCCN1/C(=C/C=C/C2=[N+](CCCS(=O)(=O)[O-])c3ccccc3C2(C)C)C(C)(C)c2ccccc21. The van der Waals surface area contributed by atoms with Gasteiger partial charge in [-0.3, -0.25) is 4.79 Å². The number of nitrogens with zero attached hydrogens (tertiary/aromatic N) is 2. The van der Waals surface area contributed by atoms with Crippen LogP contribution in [-0.4, -0.2) is 54.7 Å². The smallest absolute Gasteiger partial charge is 0.306 e. The Kier molecular flexibility index (Phi) is 9.99. The number of fused-ring (bicyclic) bond motifs is 2. The van der Waals surface area contributed by atoms with Gasteiger partial charge in [0.15, 0.2) is 12.3 Å². The van der Waals surface area contributed by atoms with E-state index in [-0.39, 0.29) is 35.6 Å². The molecule has 43 heavy (non-hydrogen) atoms. The Bertz CT molecular complexity index is 1590. The van der Waals surface area contributed by atoms with E-state index in [0.717, 1.165) is 37.2 Å². The number of hydrogen-bond acceptors (Lipinski definition) is 6. The summed E-state index contributed by atoms with van der Waals surface area (Å²) in [7, 11) is -4.28. The van der Waals surface area contributed by atoms with E-state index in [1.165, 1.54) is 22.5 Å². The molecule has 2 aromatic rings. The van der Waals surface area contributed by atoms with Gasteiger partial charge in [-0.2, -0.15) is 4.58 Å². The maximum atomic E-state index is 11.8. The first kappa shape index (κ1) is 32.2. The number of carbonyl (C=O) groups is 1. The molecule has 2 aliphatic rings. The molecule has 0 saturated carbocycles. The molecule has 0 bridgehead atoms. The zero-order chi connectivity index (χ0) is 31.3. The van der Waals surface area contributed by atoms with Crippen molar-refractivity contribution in [2.75, 3.05) is 30.3 Å². The number of para-hydroxylation sites is 2. The van der Waals surface area contributed by atoms with Gasteiger partial charge in [0.25, 0.3) is 0 Å². The summed E-state index contributed by atoms with van der Waals surface area (Å²) in [6, 6.07) is 16.7. The molecule has 0 N–H and O–H groups in total. The molecule has 228 valence electrons. The summed E-state index contributed by atoms with van der Waals surface area (Å²) in [5, 5.41) is 0. The number of unbranched alkanes of at least 4 members (excludes halogenated alkanes) is 2. The Balaban J connectivity index is 1.58. The average molecular weight is 603 g/mol. The highest BCUT2D eigenvalue weighted by Crippen LogP contribution is 2.48. The van der Waals surface area contributed by atoms with Crippen LogP contribution in [0, 0.1) is 12.3 Å². The van der Waals surface area contributed by atoms with Crippen molar-refractivity contribution in [3.8, 4) is 12.3 Å². The van der Waals surface area contributed by atoms with Gasteiger partial charge >= 0.3 is 5.97 Å². The molecule has 7 nitrogen and oxygen atoms in total. The van der Waals surface area contributed by atoms with Crippen LogP contribution in [0.2, 0.25) is 0 Å². The third kappa shape index (κ3) is 7.29. The van der Waals surface area contributed by atoms with Crippen LogP contribution < -0.4 is 4.90 Å². The molecule has 4 rings (SSSR count). The Morgan fingerprint density at radius 1 is 1.00 bits per heavy atom. The molecule has 0 amide bonds. The van der Waals surface area contributed by atoms with Gasteiger partial charge in [-0.15, -0.1) is 6.42 Å². The molecular formula is C35H42N2O5S. The van der Waals surface area contributed by atoms with Crippen molar-refractivity contribution in [1.82, 2.24) is 0 Å². The minimum Gasteiger partial charge on any atom is -0.748 e. The fourth-order valence-corrected chi connectivity index (χ4v) is 6.79. The van der Waals surface area contributed by atoms with E-state index in [1.807, 2.05) is 12.1 Å². The molecule has 2 aromatic carbocycles. The summed E-state index contributed by atoms with van der Waals surface area (Å²) in [6.45, 7) is 10.1. The fourth-order valence-electron chi connectivity index (χ4n) is 6.30. The molecule has 8 heteroatoms. The van der Waals surface area contributed by atoms with Crippen LogP contribution in [0.25, 0.3) is 0 Å². The standard InChI is InChI=1S/C35H42N2O5S/c1-6-25-42-33(38)22-8-7-13-23-36-29-18-11-9-16-27(29)34(2,3)31(36)20-14-21-32-35(4,5)28-17-10-12-19-30(28)37(32)24-15-26-43(39,40)41/h1,9-12,14,16-21H,7-8,13,15,22-26H2,2-5H3. The molecule has 0 saturated heterocycles. The number of benzene rings is 2. The van der Waals surface area contributed by atoms with Crippen LogP contribution in [0.1, 0.15) is 70.9 Å². The quantitative estimate of drug-likeness (QED) is 0.0923. The van der Waals surface area contributed by atoms with Gasteiger partial charge in [0.1, 0.15) is 6.54 Å². The fraction of sp³-hybridized carbons (Fsp3) is 0.429. The predicted octanol–water partition coefficient (Wildman–Crippen LogP) is 5.97. The Morgan fingerprint density at radius 2 is 1.70 bits per heavy atom. The number of esters is 1. The van der Waals surface area contributed by atoms with Gasteiger partial charge < -0.3 is 14.2 Å². The van der Waals surface area contributed by atoms with E-state index in [4.69, 9.17) is 11.2 Å². The van der Waals surface area contributed by atoms with Crippen LogP contribution in [0.5, 0.6) is 0 Å². The third-order valence-electron chi connectivity index (χ3n) is 8.46. The lowest BCUT2D eigenvalue weighted by molar-refractivity contribution is -0.437. The summed E-state index contributed by atoms with van der Waals surface area (Å²) < 4.78 is 41.1. The van der Waals surface area contributed by atoms with Crippen LogP contribution in [0.15, 0.2) is 72.5 Å². The second-order valence-electron chi connectivity index (χ2n) is 12.2. The summed E-state index contributed by atoms with van der Waals surface area (Å²) in [4.78, 5) is 14.2. The summed E-state index contributed by atoms with van der Waals surface area (Å²) >= 11 is 0. The van der Waals surface area contributed by atoms with Crippen LogP contribution in [0.4, 0.5) is 11.4 Å². The van der Waals surface area contributed by atoms with Gasteiger partial charge in [-0.1, -0.05) is 68.7 Å². The van der Waals surface area contributed by atoms with Crippen LogP contribution in [-0.2, 0) is 30.5 Å². The minimum absolute atomic E-state index is 0.0162. The third-order valence-corrected chi connectivity index (χ3v) is 9.25. The van der Waals surface area contributed by atoms with Gasteiger partial charge in [0.2, 0.25) is 5.69 Å². The molecule has 0 unspecified atom stereocenters. The molecule has 0 fully saturated rings. The van der Waals surface area contributed by atoms with Gasteiger partial charge in [-0.25, -0.2) is 8.42 Å². The average Bonchev–Trinajstić information content (AvgIpc) is 3.30. The Morgan fingerprint density at radius 3 is 2.42 bits per heavy atom. The lowest BCUT2D eigenvalue weighted by atomic mass is 9.81. The number of hydrogen-bond donors (Lipinski definition) is 0. The molecule has 0 spiro atoms. The van der Waals surface area contributed by atoms with Crippen molar-refractivity contribution in [2.45, 2.75) is 70.6 Å². The van der Waals surface area contributed by atoms with Crippen molar-refractivity contribution < 1.29 is 27.1 Å². The van der Waals surface area contributed by atoms with Gasteiger partial charge in [0, 0.05) is 59.6 Å². The highest BCUT2D eigenvalue weighted by atomic mass is 32.2. The summed E-state index contributed by atoms with van der Waals surface area (Å²) in [6.07, 6.45) is 14.8. The number of carbonyl (C=O) groups excluding carboxylic acids is 1. The van der Waals surface area contributed by atoms with Crippen LogP contribution >= 0.6 is 0 Å². The maximum Gasteiger partial charge on any atom is 0.306 e. The monoisotopic (exact) mass is 602 g/mol. The normalized spacial score (nSPS) is 17.8. The molecule has 0 atom stereocenters. The maximum absolute atomic E-state index is 11.8. The first-order valence-corrected chi connectivity index (χ1v) is 16.5. The van der Waals surface area contributed by atoms with Crippen molar-refractivity contribution in [1.29, 1.82) is 0 Å². The molecule has 2 heterocycles. The van der Waals surface area contributed by atoms with E-state index in [0.29, 0.717) is 13.0 Å². The minimum atomic E-state index is -4.28. The van der Waals surface area contributed by atoms with Crippen LogP contribution in [0.3, 0.4) is 0 Å². The second-order valence-corrected chi connectivity index (χ2v) is 13.7. The first-order chi connectivity index (χ1) is 20.4. The zero-order valence-electron chi connectivity index (χ0n) is 25.6. The molecule has 0 aliphatic carbocycles. The number of terminal acetylenes is 1. The number of rotatable bonds is 13. The molecular weight excluding hydrogens is 560 g/mol. The van der Waals surface area contributed by atoms with Crippen molar-refractivity contribution in [3.05, 3.63) is 83.6 Å². The topological polar surface area (TPSA) is 89.8 Å². The van der Waals surface area contributed by atoms with Gasteiger partial charge in [-0.05, 0) is 44.4 Å². The molecule has 0 aromatic heterocycles. The number of anilines is 1. The molecule has 2 aliphatic heterocycles. The highest BCUT2D eigenvalue weighted by Gasteiger charge is 2.44. The number of allylic oxidation sites excluding steroid dienone is 4. The summed E-state index contributed by atoms with van der Waals surface area (Å²) in [5.41, 5.74) is 6.43. The summed E-state index contributed by atoms with van der Waals surface area (Å²) in [5.74, 6) is 1.68. The number of ether oxygens (including phenoxy) is 1. The van der Waals surface area contributed by atoms with E-state index in [1.54, 1.807) is 0 Å². The highest BCUT2D eigenvalue weighted by molar-refractivity contribution is 7.85. The predicted molar refractivity (Wildman–Crippen MR) is 171 cm³/mol. The van der Waals surface area contributed by atoms with Crippen molar-refractivity contribution >= 4 is 33.2 Å². The van der Waals surface area contributed by atoms with Crippen molar-refractivity contribution in [3.63, 3.8) is 0 Å². The van der Waals surface area contributed by atoms with E-state index >= 15 is 0 Å². The lowest BCUT2D eigenvalue weighted by Gasteiger charge is -2.27. The van der Waals surface area contributed by atoms with E-state index in [9.17, 15) is 17.8 Å². The lowest BCUT2D eigenvalue weighted by Crippen LogP contribution is -2.28. The van der Waals surface area contributed by atoms with E-state index in [2.05, 4.69) is 97.7 Å². The Hall–Kier alpha value is -3.67.